The molecule has 0 aliphatic carbocycles. The Morgan fingerprint density at radius 2 is 2.22 bits per heavy atom. The number of aromatic nitrogens is 1. The van der Waals surface area contributed by atoms with Crippen molar-refractivity contribution in [1.82, 2.24) is 4.98 Å². The third kappa shape index (κ3) is 1.58. The normalized spacial score (nSPS) is 8.00. The lowest BCUT2D eigenvalue weighted by molar-refractivity contribution is 0.466. The molecule has 0 saturated carbocycles. The molecule has 4 N–H and O–H groups in total. The topological polar surface area (TPSA) is 84.6 Å². The Morgan fingerprint density at radius 3 is 2.56 bits per heavy atom. The summed E-state index contributed by atoms with van der Waals surface area (Å²) in [5.41, 5.74) is -0.451. The van der Waals surface area contributed by atoms with E-state index in [2.05, 4.69) is 4.98 Å². The van der Waals surface area contributed by atoms with Gasteiger partial charge in [0.2, 0.25) is 0 Å². The van der Waals surface area contributed by atoms with Gasteiger partial charge < -0.3 is 15.6 Å². The van der Waals surface area contributed by atoms with Crippen LogP contribution in [0.3, 0.4) is 0 Å². The Balaban J connectivity index is 0.000000640. The summed E-state index contributed by atoms with van der Waals surface area (Å²) in [7, 11) is 0. The van der Waals surface area contributed by atoms with Crippen molar-refractivity contribution in [2.24, 2.45) is 0 Å². The largest absolute Gasteiger partial charge is 0.503 e. The lowest BCUT2D eigenvalue weighted by Crippen LogP contribution is -2.01. The first kappa shape index (κ1) is 7.71. The monoisotopic (exact) mass is 129 g/mol. The minimum absolute atomic E-state index is 0. The predicted molar refractivity (Wildman–Crippen MR) is 32.3 cm³/mol. The lowest BCUT2D eigenvalue weighted by Gasteiger charge is -1.83. The summed E-state index contributed by atoms with van der Waals surface area (Å²) in [5.74, 6) is -0.243. The predicted octanol–water partition coefficient (Wildman–Crippen LogP) is -0.744. The van der Waals surface area contributed by atoms with Crippen LogP contribution in [0.4, 0.5) is 0 Å². The molecule has 0 saturated heterocycles. The van der Waals surface area contributed by atoms with Gasteiger partial charge in [0.15, 0.2) is 5.75 Å². The minimum Gasteiger partial charge on any atom is -0.503 e. The molecule has 0 radical (unpaired) electrons. The van der Waals surface area contributed by atoms with Crippen molar-refractivity contribution in [3.8, 4) is 5.75 Å². The lowest BCUT2D eigenvalue weighted by atomic mass is 10.5. The zero-order chi connectivity index (χ0) is 5.98. The van der Waals surface area contributed by atoms with Crippen LogP contribution in [0.15, 0.2) is 23.1 Å². The van der Waals surface area contributed by atoms with Crippen molar-refractivity contribution in [1.29, 1.82) is 0 Å². The number of rotatable bonds is 0. The van der Waals surface area contributed by atoms with Gasteiger partial charge in [-0.15, -0.1) is 0 Å². The number of pyridine rings is 1. The molecule has 0 amide bonds. The Kier molecular flexibility index (Phi) is 2.47. The van der Waals surface area contributed by atoms with Crippen molar-refractivity contribution in [3.05, 3.63) is 28.7 Å². The van der Waals surface area contributed by atoms with E-state index in [4.69, 9.17) is 5.11 Å². The van der Waals surface area contributed by atoms with E-state index in [9.17, 15) is 4.79 Å². The second kappa shape index (κ2) is 2.88. The first-order chi connectivity index (χ1) is 3.80. The van der Waals surface area contributed by atoms with E-state index in [1.807, 2.05) is 0 Å². The maximum absolute atomic E-state index is 10.3. The van der Waals surface area contributed by atoms with Crippen LogP contribution in [0.2, 0.25) is 0 Å². The minimum atomic E-state index is -0.451. The molecule has 0 aliphatic rings. The van der Waals surface area contributed by atoms with E-state index in [1.165, 1.54) is 12.3 Å². The first-order valence-electron chi connectivity index (χ1n) is 2.17. The third-order valence-electron chi connectivity index (χ3n) is 0.797. The highest BCUT2D eigenvalue weighted by Crippen LogP contribution is 1.92. The molecule has 0 aliphatic heterocycles. The molecule has 1 aromatic heterocycles. The molecule has 0 spiro atoms. The van der Waals surface area contributed by atoms with Gasteiger partial charge in [-0.1, -0.05) is 0 Å². The number of nitrogens with one attached hydrogen (secondary N) is 1. The summed E-state index contributed by atoms with van der Waals surface area (Å²) in [4.78, 5) is 12.6. The molecule has 0 fully saturated rings. The standard InChI is InChI=1S/C5H5NO2.H2O/c7-4-2-1-3-6-5(4)8;/h1-3,7H,(H,6,8);1H2. The van der Waals surface area contributed by atoms with Crippen LogP contribution in [0, 0.1) is 0 Å². The van der Waals surface area contributed by atoms with Crippen LogP contribution in [0.5, 0.6) is 5.75 Å². The van der Waals surface area contributed by atoms with E-state index in [-0.39, 0.29) is 11.2 Å². The van der Waals surface area contributed by atoms with Crippen LogP contribution in [-0.4, -0.2) is 15.6 Å². The fourth-order valence-corrected chi connectivity index (χ4v) is 0.413. The van der Waals surface area contributed by atoms with Gasteiger partial charge >= 0.3 is 0 Å². The zero-order valence-corrected chi connectivity index (χ0v) is 4.59. The van der Waals surface area contributed by atoms with E-state index >= 15 is 0 Å². The summed E-state index contributed by atoms with van der Waals surface area (Å²) in [6, 6.07) is 2.88. The highest BCUT2D eigenvalue weighted by Gasteiger charge is 1.87. The summed E-state index contributed by atoms with van der Waals surface area (Å²) < 4.78 is 0. The second-order valence-electron chi connectivity index (χ2n) is 1.38. The molecule has 9 heavy (non-hydrogen) atoms. The molecule has 1 rings (SSSR count). The summed E-state index contributed by atoms with van der Waals surface area (Å²) in [5, 5.41) is 8.58. The highest BCUT2D eigenvalue weighted by atomic mass is 16.3. The van der Waals surface area contributed by atoms with Crippen molar-refractivity contribution in [3.63, 3.8) is 0 Å². The fourth-order valence-electron chi connectivity index (χ4n) is 0.413. The zero-order valence-electron chi connectivity index (χ0n) is 4.59. The van der Waals surface area contributed by atoms with E-state index in [0.717, 1.165) is 0 Å². The third-order valence-corrected chi connectivity index (χ3v) is 0.797. The Bertz CT molecular complexity index is 230. The maximum atomic E-state index is 10.3. The van der Waals surface area contributed by atoms with Crippen LogP contribution in [0.1, 0.15) is 0 Å². The van der Waals surface area contributed by atoms with Crippen molar-refractivity contribution < 1.29 is 10.6 Å². The quantitative estimate of drug-likeness (QED) is 0.483. The molecule has 4 nitrogen and oxygen atoms in total. The number of hydrogen-bond acceptors (Lipinski definition) is 2. The van der Waals surface area contributed by atoms with Gasteiger partial charge in [-0.25, -0.2) is 0 Å². The average Bonchev–Trinajstić information content (AvgIpc) is 1.77. The smallest absolute Gasteiger partial charge is 0.290 e. The Hall–Kier alpha value is -1.29. The van der Waals surface area contributed by atoms with Crippen molar-refractivity contribution >= 4 is 0 Å². The van der Waals surface area contributed by atoms with Crippen LogP contribution < -0.4 is 5.56 Å². The van der Waals surface area contributed by atoms with Gasteiger partial charge in [0.05, 0.1) is 0 Å². The SMILES string of the molecule is O.O=c1[nH]cccc1O. The molecule has 4 heteroatoms. The van der Waals surface area contributed by atoms with Gasteiger partial charge in [-0.05, 0) is 12.1 Å². The van der Waals surface area contributed by atoms with Crippen molar-refractivity contribution in [2.45, 2.75) is 0 Å². The molecule has 1 aromatic rings. The second-order valence-corrected chi connectivity index (χ2v) is 1.38. The van der Waals surface area contributed by atoms with E-state index < -0.39 is 5.56 Å². The van der Waals surface area contributed by atoms with Crippen LogP contribution >= 0.6 is 0 Å². The molecule has 0 atom stereocenters. The number of aromatic amines is 1. The number of H-pyrrole nitrogens is 1. The van der Waals surface area contributed by atoms with Gasteiger partial charge in [-0.3, -0.25) is 4.79 Å². The van der Waals surface area contributed by atoms with Gasteiger partial charge in [0, 0.05) is 6.20 Å². The number of aromatic hydroxyl groups is 1. The summed E-state index contributed by atoms with van der Waals surface area (Å²) in [6.45, 7) is 0. The molecule has 1 heterocycles. The molecular formula is C5H7NO3. The van der Waals surface area contributed by atoms with Gasteiger partial charge in [0.1, 0.15) is 0 Å². The molecule has 0 bridgehead atoms. The molecular weight excluding hydrogens is 122 g/mol. The fraction of sp³-hybridized carbons (Fsp3) is 0. The van der Waals surface area contributed by atoms with E-state index in [1.54, 1.807) is 6.07 Å². The first-order valence-corrected chi connectivity index (χ1v) is 2.17. The van der Waals surface area contributed by atoms with E-state index in [0.29, 0.717) is 0 Å². The Labute approximate surface area is 51.1 Å². The summed E-state index contributed by atoms with van der Waals surface area (Å²) in [6.07, 6.45) is 1.46. The Morgan fingerprint density at radius 1 is 1.56 bits per heavy atom. The molecule has 0 aromatic carbocycles. The van der Waals surface area contributed by atoms with Crippen molar-refractivity contribution in [2.75, 3.05) is 0 Å². The molecule has 50 valence electrons. The molecule has 0 unspecified atom stereocenters. The number of hydrogen-bond donors (Lipinski definition) is 2. The van der Waals surface area contributed by atoms with Crippen LogP contribution in [-0.2, 0) is 0 Å². The summed E-state index contributed by atoms with van der Waals surface area (Å²) >= 11 is 0. The average molecular weight is 129 g/mol. The highest BCUT2D eigenvalue weighted by molar-refractivity contribution is 5.12. The maximum Gasteiger partial charge on any atom is 0.290 e. The van der Waals surface area contributed by atoms with Crippen LogP contribution in [0.25, 0.3) is 0 Å². The van der Waals surface area contributed by atoms with Gasteiger partial charge in [-0.2, -0.15) is 0 Å². The van der Waals surface area contributed by atoms with Gasteiger partial charge in [0.25, 0.3) is 5.56 Å².